The summed E-state index contributed by atoms with van der Waals surface area (Å²) >= 11 is 5.04. The van der Waals surface area contributed by atoms with Gasteiger partial charge in [0.25, 0.3) is 0 Å². The number of rotatable bonds is 8. The molecule has 1 atom stereocenters. The molecule has 102 valence electrons. The Balaban J connectivity index is 3.65. The third-order valence-electron chi connectivity index (χ3n) is 1.89. The molecule has 0 radical (unpaired) electrons. The van der Waals surface area contributed by atoms with Crippen LogP contribution in [0, 0.1) is 0 Å². The normalized spacial score (nSPS) is 13.1. The van der Waals surface area contributed by atoms with Crippen LogP contribution in [0.25, 0.3) is 0 Å². The minimum Gasteiger partial charge on any atom is -0.382 e. The topological polar surface area (TPSA) is 67.4 Å². The number of thiocarbonyl (C=S) groups is 1. The van der Waals surface area contributed by atoms with Gasteiger partial charge in [-0.2, -0.15) is 0 Å². The summed E-state index contributed by atoms with van der Waals surface area (Å²) in [5.74, 6) is 0.0771. The summed E-state index contributed by atoms with van der Waals surface area (Å²) in [5.41, 5.74) is 0. The Morgan fingerprint density at radius 1 is 1.47 bits per heavy atom. The van der Waals surface area contributed by atoms with Crippen molar-refractivity contribution in [2.24, 2.45) is 0 Å². The first-order chi connectivity index (χ1) is 7.85. The summed E-state index contributed by atoms with van der Waals surface area (Å²) in [5, 5.41) is 6.42. The third kappa shape index (κ3) is 11.9. The number of nitrogens with one attached hydrogen (secondary N) is 2. The van der Waals surface area contributed by atoms with E-state index in [-0.39, 0.29) is 11.8 Å². The van der Waals surface area contributed by atoms with Crippen LogP contribution in [-0.2, 0) is 14.6 Å². The molecule has 0 aromatic rings. The van der Waals surface area contributed by atoms with Crippen molar-refractivity contribution in [3.63, 3.8) is 0 Å². The maximum Gasteiger partial charge on any atom is 0.166 e. The molecule has 17 heavy (non-hydrogen) atoms. The zero-order chi connectivity index (χ0) is 13.3. The maximum absolute atomic E-state index is 11.0. The Bertz CT molecular complexity index is 318. The highest BCUT2D eigenvalue weighted by Crippen LogP contribution is 1.90. The SMILES string of the molecule is CCOCCCNC(=S)NC(C)CS(C)(=O)=O. The Morgan fingerprint density at radius 3 is 2.65 bits per heavy atom. The summed E-state index contributed by atoms with van der Waals surface area (Å²) in [6, 6.07) is -0.183. The first-order valence-corrected chi connectivity index (χ1v) is 8.12. The van der Waals surface area contributed by atoms with Crippen molar-refractivity contribution in [1.29, 1.82) is 0 Å². The molecule has 5 nitrogen and oxygen atoms in total. The van der Waals surface area contributed by atoms with E-state index in [2.05, 4.69) is 10.6 Å². The monoisotopic (exact) mass is 282 g/mol. The molecule has 0 aliphatic rings. The lowest BCUT2D eigenvalue weighted by Gasteiger charge is -2.16. The van der Waals surface area contributed by atoms with Gasteiger partial charge in [-0.1, -0.05) is 0 Å². The van der Waals surface area contributed by atoms with E-state index in [9.17, 15) is 8.42 Å². The molecule has 0 fully saturated rings. The van der Waals surface area contributed by atoms with Crippen molar-refractivity contribution in [3.8, 4) is 0 Å². The van der Waals surface area contributed by atoms with Gasteiger partial charge in [0, 0.05) is 32.1 Å². The van der Waals surface area contributed by atoms with Crippen LogP contribution in [0.2, 0.25) is 0 Å². The summed E-state index contributed by atoms with van der Waals surface area (Å²) in [4.78, 5) is 0. The highest BCUT2D eigenvalue weighted by atomic mass is 32.2. The van der Waals surface area contributed by atoms with Crippen molar-refractivity contribution in [3.05, 3.63) is 0 Å². The Kier molecular flexibility index (Phi) is 8.45. The number of hydrogen-bond donors (Lipinski definition) is 2. The fourth-order valence-electron chi connectivity index (χ4n) is 1.29. The van der Waals surface area contributed by atoms with E-state index in [0.29, 0.717) is 18.3 Å². The lowest BCUT2D eigenvalue weighted by Crippen LogP contribution is -2.43. The standard InChI is InChI=1S/C10H22N2O3S2/c1-4-15-7-5-6-11-10(16)12-9(2)8-17(3,13)14/h9H,4-8H2,1-3H3,(H2,11,12,16). The van der Waals surface area contributed by atoms with E-state index in [4.69, 9.17) is 17.0 Å². The van der Waals surface area contributed by atoms with Crippen LogP contribution in [0.5, 0.6) is 0 Å². The highest BCUT2D eigenvalue weighted by Gasteiger charge is 2.10. The molecule has 0 heterocycles. The maximum atomic E-state index is 11.0. The van der Waals surface area contributed by atoms with Crippen LogP contribution in [0.15, 0.2) is 0 Å². The molecule has 0 aliphatic carbocycles. The number of ether oxygens (including phenoxy) is 1. The van der Waals surface area contributed by atoms with Crippen LogP contribution in [0.1, 0.15) is 20.3 Å². The van der Waals surface area contributed by atoms with E-state index in [1.54, 1.807) is 6.92 Å². The predicted molar refractivity (Wildman–Crippen MR) is 74.0 cm³/mol. The fourth-order valence-corrected chi connectivity index (χ4v) is 2.59. The molecule has 0 saturated heterocycles. The summed E-state index contributed by atoms with van der Waals surface area (Å²) in [7, 11) is -2.97. The number of sulfone groups is 1. The van der Waals surface area contributed by atoms with E-state index >= 15 is 0 Å². The number of hydrogen-bond acceptors (Lipinski definition) is 4. The van der Waals surface area contributed by atoms with Crippen molar-refractivity contribution >= 4 is 27.2 Å². The van der Waals surface area contributed by atoms with Crippen LogP contribution in [-0.4, -0.2) is 51.3 Å². The third-order valence-corrected chi connectivity index (χ3v) is 3.25. The molecule has 0 spiro atoms. The minimum absolute atomic E-state index is 0.0771. The first-order valence-electron chi connectivity index (χ1n) is 5.65. The summed E-state index contributed by atoms with van der Waals surface area (Å²) < 4.78 is 27.2. The summed E-state index contributed by atoms with van der Waals surface area (Å²) in [6.07, 6.45) is 2.08. The molecule has 1 unspecified atom stereocenters. The Morgan fingerprint density at radius 2 is 2.12 bits per heavy atom. The average molecular weight is 282 g/mol. The smallest absolute Gasteiger partial charge is 0.166 e. The minimum atomic E-state index is -2.97. The molecule has 7 heteroatoms. The quantitative estimate of drug-likeness (QED) is 0.493. The van der Waals surface area contributed by atoms with Gasteiger partial charge in [0.1, 0.15) is 9.84 Å². The van der Waals surface area contributed by atoms with Gasteiger partial charge in [0.2, 0.25) is 0 Å². The van der Waals surface area contributed by atoms with Gasteiger partial charge in [0.15, 0.2) is 5.11 Å². The van der Waals surface area contributed by atoms with Crippen LogP contribution >= 0.6 is 12.2 Å². The molecule has 0 rings (SSSR count). The van der Waals surface area contributed by atoms with Crippen molar-refractivity contribution in [1.82, 2.24) is 10.6 Å². The zero-order valence-corrected chi connectivity index (χ0v) is 12.3. The molecule has 0 aromatic carbocycles. The molecule has 0 aromatic heterocycles. The van der Waals surface area contributed by atoms with Gasteiger partial charge in [-0.05, 0) is 32.5 Å². The lowest BCUT2D eigenvalue weighted by molar-refractivity contribution is 0.145. The summed E-state index contributed by atoms with van der Waals surface area (Å²) in [6.45, 7) is 5.87. The van der Waals surface area contributed by atoms with Gasteiger partial charge in [-0.3, -0.25) is 0 Å². The Hall–Kier alpha value is -0.400. The molecule has 0 aliphatic heterocycles. The van der Waals surface area contributed by atoms with E-state index in [1.165, 1.54) is 6.26 Å². The molecule has 0 amide bonds. The van der Waals surface area contributed by atoms with Crippen molar-refractivity contribution in [2.75, 3.05) is 31.8 Å². The highest BCUT2D eigenvalue weighted by molar-refractivity contribution is 7.90. The second-order valence-electron chi connectivity index (χ2n) is 3.94. The second-order valence-corrected chi connectivity index (χ2v) is 6.54. The average Bonchev–Trinajstić information content (AvgIpc) is 2.14. The lowest BCUT2D eigenvalue weighted by atomic mass is 10.4. The van der Waals surface area contributed by atoms with Gasteiger partial charge in [0.05, 0.1) is 5.75 Å². The van der Waals surface area contributed by atoms with Crippen LogP contribution in [0.3, 0.4) is 0 Å². The largest absolute Gasteiger partial charge is 0.382 e. The molecular formula is C10H22N2O3S2. The molecule has 0 bridgehead atoms. The van der Waals surface area contributed by atoms with Crippen LogP contribution in [0.4, 0.5) is 0 Å². The first kappa shape index (κ1) is 16.6. The molecule has 0 saturated carbocycles. The van der Waals surface area contributed by atoms with Crippen LogP contribution < -0.4 is 10.6 Å². The molecule has 2 N–H and O–H groups in total. The zero-order valence-electron chi connectivity index (χ0n) is 10.7. The van der Waals surface area contributed by atoms with E-state index in [1.807, 2.05) is 6.92 Å². The van der Waals surface area contributed by atoms with Crippen molar-refractivity contribution < 1.29 is 13.2 Å². The van der Waals surface area contributed by atoms with E-state index in [0.717, 1.165) is 13.0 Å². The van der Waals surface area contributed by atoms with Gasteiger partial charge < -0.3 is 15.4 Å². The predicted octanol–water partition coefficient (Wildman–Crippen LogP) is 0.310. The van der Waals surface area contributed by atoms with Gasteiger partial charge in [-0.15, -0.1) is 0 Å². The second kappa shape index (κ2) is 8.66. The van der Waals surface area contributed by atoms with Crippen molar-refractivity contribution in [2.45, 2.75) is 26.3 Å². The fraction of sp³-hybridized carbons (Fsp3) is 0.900. The van der Waals surface area contributed by atoms with E-state index < -0.39 is 9.84 Å². The van der Waals surface area contributed by atoms with Gasteiger partial charge in [-0.25, -0.2) is 8.42 Å². The molecular weight excluding hydrogens is 260 g/mol. The van der Waals surface area contributed by atoms with Gasteiger partial charge >= 0.3 is 0 Å². The Labute approximate surface area is 109 Å².